The lowest BCUT2D eigenvalue weighted by Gasteiger charge is -1.99. The summed E-state index contributed by atoms with van der Waals surface area (Å²) < 4.78 is 0. The lowest BCUT2D eigenvalue weighted by Crippen LogP contribution is -2.17. The van der Waals surface area contributed by atoms with Crippen molar-refractivity contribution in [2.75, 3.05) is 0 Å². The number of nitrogens with zero attached hydrogens (tertiary/aromatic N) is 1. The number of nitrogens with one attached hydrogen (secondary N) is 1. The molecule has 0 aliphatic heterocycles. The molecule has 18 heavy (non-hydrogen) atoms. The predicted octanol–water partition coefficient (Wildman–Crippen LogP) is 3.10. The largest absolute Gasteiger partial charge is 0.271 e. The molecule has 0 spiro atoms. The van der Waals surface area contributed by atoms with Gasteiger partial charge >= 0.3 is 0 Å². The Bertz CT molecular complexity index is 567. The zero-order valence-corrected chi connectivity index (χ0v) is 10.3. The van der Waals surface area contributed by atoms with Gasteiger partial charge in [0.25, 0.3) is 5.91 Å². The van der Waals surface area contributed by atoms with Gasteiger partial charge in [-0.05, 0) is 18.2 Å². The maximum atomic E-state index is 11.7. The van der Waals surface area contributed by atoms with Gasteiger partial charge in [-0.3, -0.25) is 4.79 Å². The van der Waals surface area contributed by atoms with Gasteiger partial charge in [0, 0.05) is 16.1 Å². The highest BCUT2D eigenvalue weighted by atomic mass is 35.5. The van der Waals surface area contributed by atoms with Crippen molar-refractivity contribution in [1.29, 1.82) is 0 Å². The van der Waals surface area contributed by atoms with E-state index >= 15 is 0 Å². The fourth-order valence-electron chi connectivity index (χ4n) is 1.39. The lowest BCUT2D eigenvalue weighted by atomic mass is 10.2. The maximum absolute atomic E-state index is 11.7. The normalized spacial score (nSPS) is 10.5. The molecule has 90 valence electrons. The first-order valence-electron chi connectivity index (χ1n) is 5.40. The molecule has 0 aromatic heterocycles. The number of hydrogen-bond acceptors (Lipinski definition) is 2. The average molecular weight is 259 g/mol. The Morgan fingerprint density at radius 3 is 2.44 bits per heavy atom. The third-order valence-corrected chi connectivity index (χ3v) is 2.66. The van der Waals surface area contributed by atoms with E-state index in [-0.39, 0.29) is 5.91 Å². The second-order valence-electron chi connectivity index (χ2n) is 3.59. The van der Waals surface area contributed by atoms with E-state index in [4.69, 9.17) is 11.6 Å². The fourth-order valence-corrected chi connectivity index (χ4v) is 1.58. The summed E-state index contributed by atoms with van der Waals surface area (Å²) in [7, 11) is 0. The van der Waals surface area contributed by atoms with Crippen molar-refractivity contribution in [2.45, 2.75) is 0 Å². The van der Waals surface area contributed by atoms with Crippen LogP contribution in [0.1, 0.15) is 15.9 Å². The molecule has 2 aromatic carbocycles. The highest BCUT2D eigenvalue weighted by molar-refractivity contribution is 6.33. The molecule has 1 amide bonds. The first-order valence-corrected chi connectivity index (χ1v) is 5.78. The molecular formula is C14H11ClN2O. The minimum atomic E-state index is -0.251. The van der Waals surface area contributed by atoms with Gasteiger partial charge in [0.2, 0.25) is 0 Å². The van der Waals surface area contributed by atoms with E-state index in [2.05, 4.69) is 10.5 Å². The van der Waals surface area contributed by atoms with Crippen LogP contribution in [0.25, 0.3) is 0 Å². The van der Waals surface area contributed by atoms with Gasteiger partial charge in [-0.2, -0.15) is 5.10 Å². The number of hydrogen-bond donors (Lipinski definition) is 1. The molecule has 2 aromatic rings. The smallest absolute Gasteiger partial charge is 0.267 e. The van der Waals surface area contributed by atoms with E-state index in [0.717, 1.165) is 5.56 Å². The summed E-state index contributed by atoms with van der Waals surface area (Å²) in [6, 6.07) is 16.2. The molecule has 4 heteroatoms. The van der Waals surface area contributed by atoms with Crippen molar-refractivity contribution in [2.24, 2.45) is 5.10 Å². The fraction of sp³-hybridized carbons (Fsp3) is 0. The van der Waals surface area contributed by atoms with Crippen molar-refractivity contribution in [3.8, 4) is 0 Å². The van der Waals surface area contributed by atoms with Crippen LogP contribution in [0, 0.1) is 0 Å². The van der Waals surface area contributed by atoms with E-state index < -0.39 is 0 Å². The molecule has 0 bridgehead atoms. The summed E-state index contributed by atoms with van der Waals surface area (Å²) in [6.07, 6.45) is 1.52. The molecule has 0 aliphatic carbocycles. The van der Waals surface area contributed by atoms with Gasteiger partial charge in [0.1, 0.15) is 0 Å². The first-order chi connectivity index (χ1) is 8.77. The summed E-state index contributed by atoms with van der Waals surface area (Å²) in [5, 5.41) is 4.46. The Hall–Kier alpha value is -2.13. The topological polar surface area (TPSA) is 41.5 Å². The zero-order chi connectivity index (χ0) is 12.8. The van der Waals surface area contributed by atoms with Crippen LogP contribution in [0.5, 0.6) is 0 Å². The summed E-state index contributed by atoms with van der Waals surface area (Å²) >= 11 is 5.95. The SMILES string of the molecule is O=C(N/N=C/c1ccccc1Cl)c1ccccc1. The number of hydrazone groups is 1. The van der Waals surface area contributed by atoms with Crippen LogP contribution in [-0.4, -0.2) is 12.1 Å². The number of halogens is 1. The van der Waals surface area contributed by atoms with Crippen LogP contribution < -0.4 is 5.43 Å². The molecule has 0 unspecified atom stereocenters. The quantitative estimate of drug-likeness (QED) is 0.667. The van der Waals surface area contributed by atoms with Crippen LogP contribution >= 0.6 is 11.6 Å². The number of carbonyl (C=O) groups excluding carboxylic acids is 1. The monoisotopic (exact) mass is 258 g/mol. The second-order valence-corrected chi connectivity index (χ2v) is 3.99. The molecule has 0 atom stereocenters. The lowest BCUT2D eigenvalue weighted by molar-refractivity contribution is 0.0955. The van der Waals surface area contributed by atoms with Gasteiger partial charge in [-0.25, -0.2) is 5.43 Å². The Balaban J connectivity index is 2.00. The summed E-state index contributed by atoms with van der Waals surface area (Å²) in [5.41, 5.74) is 3.77. The highest BCUT2D eigenvalue weighted by Crippen LogP contribution is 2.12. The molecule has 0 fully saturated rings. The van der Waals surface area contributed by atoms with E-state index in [1.54, 1.807) is 30.3 Å². The van der Waals surface area contributed by atoms with Gasteiger partial charge in [-0.15, -0.1) is 0 Å². The molecular weight excluding hydrogens is 248 g/mol. The zero-order valence-electron chi connectivity index (χ0n) is 9.51. The second kappa shape index (κ2) is 5.98. The van der Waals surface area contributed by atoms with Gasteiger partial charge in [-0.1, -0.05) is 48.0 Å². The van der Waals surface area contributed by atoms with E-state index in [1.165, 1.54) is 6.21 Å². The Kier molecular flexibility index (Phi) is 4.10. The van der Waals surface area contributed by atoms with E-state index in [0.29, 0.717) is 10.6 Å². The van der Waals surface area contributed by atoms with Crippen LogP contribution in [0.4, 0.5) is 0 Å². The van der Waals surface area contributed by atoms with Crippen LogP contribution in [-0.2, 0) is 0 Å². The van der Waals surface area contributed by atoms with Gasteiger partial charge < -0.3 is 0 Å². The van der Waals surface area contributed by atoms with Crippen LogP contribution in [0.2, 0.25) is 5.02 Å². The first kappa shape index (κ1) is 12.3. The minimum Gasteiger partial charge on any atom is -0.267 e. The van der Waals surface area contributed by atoms with Crippen LogP contribution in [0.3, 0.4) is 0 Å². The van der Waals surface area contributed by atoms with Crippen molar-refractivity contribution in [3.05, 3.63) is 70.7 Å². The van der Waals surface area contributed by atoms with E-state index in [1.807, 2.05) is 24.3 Å². The summed E-state index contributed by atoms with van der Waals surface area (Å²) in [5.74, 6) is -0.251. The average Bonchev–Trinajstić information content (AvgIpc) is 2.42. The van der Waals surface area contributed by atoms with Crippen LogP contribution in [0.15, 0.2) is 59.7 Å². The molecule has 0 radical (unpaired) electrons. The molecule has 0 aliphatic rings. The van der Waals surface area contributed by atoms with Gasteiger partial charge in [0.15, 0.2) is 0 Å². The molecule has 1 N–H and O–H groups in total. The standard InChI is InChI=1S/C14H11ClN2O/c15-13-9-5-4-8-12(13)10-16-17-14(18)11-6-2-1-3-7-11/h1-10H,(H,17,18)/b16-10+. The summed E-state index contributed by atoms with van der Waals surface area (Å²) in [6.45, 7) is 0. The third-order valence-electron chi connectivity index (χ3n) is 2.31. The Morgan fingerprint density at radius 1 is 1.06 bits per heavy atom. The number of carbonyl (C=O) groups is 1. The minimum absolute atomic E-state index is 0.251. The third kappa shape index (κ3) is 3.18. The predicted molar refractivity (Wildman–Crippen MR) is 73.0 cm³/mol. The summed E-state index contributed by atoms with van der Waals surface area (Å²) in [4.78, 5) is 11.7. The molecule has 3 nitrogen and oxygen atoms in total. The number of rotatable bonds is 3. The molecule has 2 rings (SSSR count). The van der Waals surface area contributed by atoms with Gasteiger partial charge in [0.05, 0.1) is 6.21 Å². The maximum Gasteiger partial charge on any atom is 0.271 e. The van der Waals surface area contributed by atoms with Crippen molar-refractivity contribution < 1.29 is 4.79 Å². The van der Waals surface area contributed by atoms with E-state index in [9.17, 15) is 4.79 Å². The molecule has 0 saturated heterocycles. The van der Waals surface area contributed by atoms with Crippen molar-refractivity contribution in [3.63, 3.8) is 0 Å². The number of amides is 1. The Morgan fingerprint density at radius 2 is 1.72 bits per heavy atom. The Labute approximate surface area is 110 Å². The molecule has 0 heterocycles. The molecule has 0 saturated carbocycles. The highest BCUT2D eigenvalue weighted by Gasteiger charge is 2.01. The van der Waals surface area contributed by atoms with Crippen molar-refractivity contribution in [1.82, 2.24) is 5.43 Å². The number of benzene rings is 2. The van der Waals surface area contributed by atoms with Crippen molar-refractivity contribution >= 4 is 23.7 Å².